The summed E-state index contributed by atoms with van der Waals surface area (Å²) in [6, 6.07) is 15.1. The van der Waals surface area contributed by atoms with E-state index in [4.69, 9.17) is 4.74 Å². The summed E-state index contributed by atoms with van der Waals surface area (Å²) in [4.78, 5) is 26.3. The van der Waals surface area contributed by atoms with Crippen LogP contribution in [-0.4, -0.2) is 24.5 Å². The fraction of sp³-hybridized carbons (Fsp3) is 0.263. The lowest BCUT2D eigenvalue weighted by atomic mass is 10.1. The van der Waals surface area contributed by atoms with Crippen LogP contribution >= 0.6 is 0 Å². The first-order valence-electron chi connectivity index (χ1n) is 8.17. The monoisotopic (exact) mass is 322 g/mol. The molecule has 0 aliphatic carbocycles. The van der Waals surface area contributed by atoms with Crippen molar-refractivity contribution >= 4 is 23.2 Å². The lowest BCUT2D eigenvalue weighted by molar-refractivity contribution is -0.122. The second-order valence-electron chi connectivity index (χ2n) is 6.07. The molecule has 2 aromatic rings. The van der Waals surface area contributed by atoms with E-state index in [9.17, 15) is 9.59 Å². The molecule has 1 fully saturated rings. The maximum Gasteiger partial charge on any atom is 0.265 e. The Morgan fingerprint density at radius 1 is 1.12 bits per heavy atom. The Hall–Kier alpha value is -2.82. The largest absolute Gasteiger partial charge is 0.480 e. The van der Waals surface area contributed by atoms with Crippen molar-refractivity contribution in [2.24, 2.45) is 0 Å². The van der Waals surface area contributed by atoms with Crippen molar-refractivity contribution in [3.63, 3.8) is 0 Å². The summed E-state index contributed by atoms with van der Waals surface area (Å²) in [5.74, 6) is 0.673. The SMILES string of the molecule is O=C(Nc1ccccc1N1CCCC1=O)[C@@H]1Cc2ccccc2O1. The van der Waals surface area contributed by atoms with E-state index in [2.05, 4.69) is 5.32 Å². The van der Waals surface area contributed by atoms with Gasteiger partial charge in [-0.15, -0.1) is 0 Å². The standard InChI is InChI=1S/C19H18N2O3/c22-18-10-5-11-21(18)15-8-3-2-7-14(15)20-19(23)17-12-13-6-1-4-9-16(13)24-17/h1-4,6-9,17H,5,10-12H2,(H,20,23)/t17-/m0/s1. The van der Waals surface area contributed by atoms with E-state index >= 15 is 0 Å². The second kappa shape index (κ2) is 6.00. The summed E-state index contributed by atoms with van der Waals surface area (Å²) >= 11 is 0. The molecule has 4 rings (SSSR count). The number of ether oxygens (including phenoxy) is 1. The van der Waals surface area contributed by atoms with Gasteiger partial charge in [-0.05, 0) is 30.2 Å². The van der Waals surface area contributed by atoms with Crippen LogP contribution in [0.4, 0.5) is 11.4 Å². The first-order valence-corrected chi connectivity index (χ1v) is 8.17. The van der Waals surface area contributed by atoms with E-state index in [1.54, 1.807) is 4.90 Å². The number of carbonyl (C=O) groups is 2. The third kappa shape index (κ3) is 2.62. The number of carbonyl (C=O) groups excluding carboxylic acids is 2. The number of nitrogens with zero attached hydrogens (tertiary/aromatic N) is 1. The minimum Gasteiger partial charge on any atom is -0.480 e. The number of hydrogen-bond acceptors (Lipinski definition) is 3. The van der Waals surface area contributed by atoms with Crippen molar-refractivity contribution in [3.05, 3.63) is 54.1 Å². The fourth-order valence-corrected chi connectivity index (χ4v) is 3.26. The highest BCUT2D eigenvalue weighted by Crippen LogP contribution is 2.32. The van der Waals surface area contributed by atoms with Gasteiger partial charge in [-0.3, -0.25) is 9.59 Å². The molecule has 0 unspecified atom stereocenters. The molecule has 2 aliphatic heterocycles. The Labute approximate surface area is 140 Å². The number of benzene rings is 2. The number of nitrogens with one attached hydrogen (secondary N) is 1. The van der Waals surface area contributed by atoms with Gasteiger partial charge in [0.25, 0.3) is 5.91 Å². The zero-order valence-electron chi connectivity index (χ0n) is 13.2. The van der Waals surface area contributed by atoms with Gasteiger partial charge in [-0.1, -0.05) is 30.3 Å². The topological polar surface area (TPSA) is 58.6 Å². The zero-order chi connectivity index (χ0) is 16.5. The summed E-state index contributed by atoms with van der Waals surface area (Å²) in [6.45, 7) is 0.692. The van der Waals surface area contributed by atoms with Crippen LogP contribution in [-0.2, 0) is 16.0 Å². The van der Waals surface area contributed by atoms with Gasteiger partial charge in [-0.25, -0.2) is 0 Å². The van der Waals surface area contributed by atoms with E-state index in [0.29, 0.717) is 25.1 Å². The normalized spacial score (nSPS) is 19.1. The smallest absolute Gasteiger partial charge is 0.265 e. The van der Waals surface area contributed by atoms with Gasteiger partial charge in [0.1, 0.15) is 5.75 Å². The molecule has 0 radical (unpaired) electrons. The van der Waals surface area contributed by atoms with E-state index < -0.39 is 6.10 Å². The van der Waals surface area contributed by atoms with E-state index in [-0.39, 0.29) is 11.8 Å². The molecule has 0 saturated carbocycles. The molecular weight excluding hydrogens is 304 g/mol. The van der Waals surface area contributed by atoms with Gasteiger partial charge in [-0.2, -0.15) is 0 Å². The Bertz CT molecular complexity index is 778. The first kappa shape index (κ1) is 14.8. The third-order valence-corrected chi connectivity index (χ3v) is 4.47. The molecule has 0 aromatic heterocycles. The maximum atomic E-state index is 12.6. The van der Waals surface area contributed by atoms with Gasteiger partial charge in [0, 0.05) is 19.4 Å². The van der Waals surface area contributed by atoms with E-state index in [0.717, 1.165) is 23.4 Å². The fourth-order valence-electron chi connectivity index (χ4n) is 3.26. The molecule has 2 aromatic carbocycles. The third-order valence-electron chi connectivity index (χ3n) is 4.47. The van der Waals surface area contributed by atoms with Crippen molar-refractivity contribution in [3.8, 4) is 5.75 Å². The zero-order valence-corrected chi connectivity index (χ0v) is 13.2. The number of rotatable bonds is 3. The summed E-state index contributed by atoms with van der Waals surface area (Å²) in [5, 5.41) is 2.93. The first-order chi connectivity index (χ1) is 11.7. The van der Waals surface area contributed by atoms with Crippen molar-refractivity contribution < 1.29 is 14.3 Å². The average Bonchev–Trinajstić information content (AvgIpc) is 3.21. The van der Waals surface area contributed by atoms with Crippen molar-refractivity contribution in [1.82, 2.24) is 0 Å². The number of fused-ring (bicyclic) bond motifs is 1. The second-order valence-corrected chi connectivity index (χ2v) is 6.07. The summed E-state index contributed by atoms with van der Waals surface area (Å²) in [5.41, 5.74) is 2.45. The van der Waals surface area contributed by atoms with Crippen LogP contribution in [0.25, 0.3) is 0 Å². The van der Waals surface area contributed by atoms with Crippen molar-refractivity contribution in [2.75, 3.05) is 16.8 Å². The maximum absolute atomic E-state index is 12.6. The number of anilines is 2. The lowest BCUT2D eigenvalue weighted by Crippen LogP contribution is -2.32. The summed E-state index contributed by atoms with van der Waals surface area (Å²) in [7, 11) is 0. The predicted molar refractivity (Wildman–Crippen MR) is 91.2 cm³/mol. The minimum atomic E-state index is -0.537. The predicted octanol–water partition coefficient (Wildman–Crippen LogP) is 2.76. The van der Waals surface area contributed by atoms with Crippen LogP contribution in [0.2, 0.25) is 0 Å². The molecule has 0 spiro atoms. The van der Waals surface area contributed by atoms with Crippen LogP contribution in [0.5, 0.6) is 5.75 Å². The van der Waals surface area contributed by atoms with Crippen molar-refractivity contribution in [1.29, 1.82) is 0 Å². The quantitative estimate of drug-likeness (QED) is 0.945. The number of amides is 2. The van der Waals surface area contributed by atoms with Gasteiger partial charge in [0.05, 0.1) is 11.4 Å². The van der Waals surface area contributed by atoms with Gasteiger partial charge >= 0.3 is 0 Å². The molecule has 1 N–H and O–H groups in total. The Kier molecular flexibility index (Phi) is 3.69. The summed E-state index contributed by atoms with van der Waals surface area (Å²) in [6.07, 6.45) is 1.43. The molecule has 2 aliphatic rings. The molecule has 5 heteroatoms. The lowest BCUT2D eigenvalue weighted by Gasteiger charge is -2.20. The van der Waals surface area contributed by atoms with Crippen LogP contribution < -0.4 is 15.0 Å². The Morgan fingerprint density at radius 2 is 1.92 bits per heavy atom. The van der Waals surface area contributed by atoms with Crippen LogP contribution in [0, 0.1) is 0 Å². The molecule has 5 nitrogen and oxygen atoms in total. The highest BCUT2D eigenvalue weighted by Gasteiger charge is 2.30. The molecule has 2 amide bonds. The molecule has 2 heterocycles. The van der Waals surface area contributed by atoms with Crippen LogP contribution in [0.3, 0.4) is 0 Å². The van der Waals surface area contributed by atoms with E-state index in [1.807, 2.05) is 48.5 Å². The highest BCUT2D eigenvalue weighted by atomic mass is 16.5. The molecule has 122 valence electrons. The molecule has 0 bridgehead atoms. The van der Waals surface area contributed by atoms with E-state index in [1.165, 1.54) is 0 Å². The number of para-hydroxylation sites is 3. The average molecular weight is 322 g/mol. The van der Waals surface area contributed by atoms with Crippen molar-refractivity contribution in [2.45, 2.75) is 25.4 Å². The summed E-state index contributed by atoms with van der Waals surface area (Å²) < 4.78 is 5.73. The van der Waals surface area contributed by atoms with Crippen LogP contribution in [0.1, 0.15) is 18.4 Å². The molecule has 24 heavy (non-hydrogen) atoms. The van der Waals surface area contributed by atoms with Crippen LogP contribution in [0.15, 0.2) is 48.5 Å². The molecular formula is C19H18N2O3. The molecule has 1 saturated heterocycles. The highest BCUT2D eigenvalue weighted by molar-refractivity contribution is 6.03. The Morgan fingerprint density at radius 3 is 2.71 bits per heavy atom. The van der Waals surface area contributed by atoms with Gasteiger partial charge < -0.3 is 15.0 Å². The molecule has 1 atom stereocenters. The van der Waals surface area contributed by atoms with Gasteiger partial charge in [0.15, 0.2) is 6.10 Å². The Balaban J connectivity index is 1.52. The number of hydrogen-bond donors (Lipinski definition) is 1. The van der Waals surface area contributed by atoms with Gasteiger partial charge in [0.2, 0.25) is 5.91 Å². The minimum absolute atomic E-state index is 0.0984.